The van der Waals surface area contributed by atoms with E-state index >= 15 is 0 Å². The molecular weight excluding hydrogens is 404 g/mol. The Morgan fingerprint density at radius 1 is 1.06 bits per heavy atom. The van der Waals surface area contributed by atoms with Gasteiger partial charge in [-0.3, -0.25) is 4.68 Å². The van der Waals surface area contributed by atoms with Crippen LogP contribution in [0, 0.1) is 11.3 Å². The number of fused-ring (bicyclic) bond motifs is 1. The Morgan fingerprint density at radius 2 is 1.81 bits per heavy atom. The second kappa shape index (κ2) is 7.85. The van der Waals surface area contributed by atoms with Gasteiger partial charge in [0.1, 0.15) is 6.07 Å². The number of benzene rings is 1. The number of nitrogens with zero attached hydrogens (tertiary/aromatic N) is 6. The van der Waals surface area contributed by atoms with Gasteiger partial charge in [-0.25, -0.2) is 9.31 Å². The third-order valence-corrected chi connectivity index (χ3v) is 6.23. The van der Waals surface area contributed by atoms with Gasteiger partial charge in [0.05, 0.1) is 23.5 Å². The molecule has 0 unspecified atom stereocenters. The highest BCUT2D eigenvalue weighted by molar-refractivity contribution is 5.87. The minimum Gasteiger partial charge on any atom is -0.465 e. The Morgan fingerprint density at radius 3 is 2.44 bits per heavy atom. The van der Waals surface area contributed by atoms with Crippen molar-refractivity contribution in [2.24, 2.45) is 7.05 Å². The van der Waals surface area contributed by atoms with Crippen LogP contribution in [-0.4, -0.2) is 48.6 Å². The van der Waals surface area contributed by atoms with Gasteiger partial charge in [-0.05, 0) is 36.0 Å². The number of carboxylic acid groups (broad SMARTS) is 1. The van der Waals surface area contributed by atoms with Gasteiger partial charge in [0.25, 0.3) is 0 Å². The predicted molar refractivity (Wildman–Crippen MR) is 119 cm³/mol. The van der Waals surface area contributed by atoms with Crippen molar-refractivity contribution >= 4 is 11.6 Å². The van der Waals surface area contributed by atoms with E-state index in [-0.39, 0.29) is 0 Å². The summed E-state index contributed by atoms with van der Waals surface area (Å²) in [6.45, 7) is 1.13. The van der Waals surface area contributed by atoms with E-state index in [1.54, 1.807) is 15.4 Å². The number of piperidine rings is 1. The number of nitriles is 1. The summed E-state index contributed by atoms with van der Waals surface area (Å²) < 4.78 is 3.51. The fourth-order valence-electron chi connectivity index (χ4n) is 4.49. The first-order valence-electron chi connectivity index (χ1n) is 10.5. The molecule has 1 amide bonds. The number of hydrogen-bond acceptors (Lipinski definition) is 4. The van der Waals surface area contributed by atoms with Crippen molar-refractivity contribution in [3.8, 4) is 28.3 Å². The third-order valence-electron chi connectivity index (χ3n) is 6.23. The van der Waals surface area contributed by atoms with Gasteiger partial charge in [0.15, 0.2) is 0 Å². The van der Waals surface area contributed by atoms with Gasteiger partial charge in [-0.15, -0.1) is 0 Å². The van der Waals surface area contributed by atoms with Crippen LogP contribution < -0.4 is 0 Å². The van der Waals surface area contributed by atoms with Crippen molar-refractivity contribution < 1.29 is 9.90 Å². The van der Waals surface area contributed by atoms with E-state index in [1.807, 2.05) is 25.6 Å². The van der Waals surface area contributed by atoms with Gasteiger partial charge < -0.3 is 10.0 Å². The van der Waals surface area contributed by atoms with Crippen molar-refractivity contribution in [3.63, 3.8) is 0 Å². The monoisotopic (exact) mass is 426 g/mol. The highest BCUT2D eigenvalue weighted by Gasteiger charge is 2.23. The molecule has 0 atom stereocenters. The topological polar surface area (TPSA) is 99.4 Å². The lowest BCUT2D eigenvalue weighted by atomic mass is 9.88. The van der Waals surface area contributed by atoms with E-state index in [9.17, 15) is 10.1 Å². The average molecular weight is 426 g/mol. The molecule has 1 saturated heterocycles. The number of likely N-dealkylation sites (tertiary alicyclic amines) is 1. The molecular formula is C24H22N6O2. The minimum atomic E-state index is -0.842. The molecule has 8 nitrogen and oxygen atoms in total. The maximum absolute atomic E-state index is 11.2. The summed E-state index contributed by atoms with van der Waals surface area (Å²) in [5.74, 6) is 0.353. The molecule has 1 N–H and O–H groups in total. The summed E-state index contributed by atoms with van der Waals surface area (Å²) in [4.78, 5) is 12.6. The predicted octanol–water partition coefficient (Wildman–Crippen LogP) is 4.13. The normalized spacial score (nSPS) is 14.6. The fraction of sp³-hybridized carbons (Fsp3) is 0.250. The number of amides is 1. The molecule has 4 heterocycles. The molecule has 160 valence electrons. The first kappa shape index (κ1) is 19.8. The van der Waals surface area contributed by atoms with Crippen molar-refractivity contribution in [1.82, 2.24) is 24.3 Å². The summed E-state index contributed by atoms with van der Waals surface area (Å²) in [7, 11) is 1.88. The summed E-state index contributed by atoms with van der Waals surface area (Å²) in [5.41, 5.74) is 6.42. The van der Waals surface area contributed by atoms with E-state index in [4.69, 9.17) is 5.11 Å². The standard InChI is InChI=1S/C24H22N6O2/c1-28-14-21(13-26-28)19-10-22(23-20(11-25)12-27-30(23)15-19)18-4-2-16(3-5-18)17-6-8-29(9-7-17)24(31)32/h2-5,10,12-15,17H,6-9H2,1H3,(H,31,32). The van der Waals surface area contributed by atoms with Crippen LogP contribution in [0.5, 0.6) is 0 Å². The second-order valence-corrected chi connectivity index (χ2v) is 8.17. The Labute approximate surface area is 184 Å². The summed E-state index contributed by atoms with van der Waals surface area (Å²) in [6.07, 6.45) is 8.09. The molecule has 1 aliphatic rings. The highest BCUT2D eigenvalue weighted by Crippen LogP contribution is 2.34. The zero-order valence-corrected chi connectivity index (χ0v) is 17.6. The Balaban J connectivity index is 1.52. The van der Waals surface area contributed by atoms with Crippen molar-refractivity contribution in [2.45, 2.75) is 18.8 Å². The fourth-order valence-corrected chi connectivity index (χ4v) is 4.49. The Bertz CT molecular complexity index is 1340. The molecule has 0 saturated carbocycles. The van der Waals surface area contributed by atoms with Gasteiger partial charge in [0.2, 0.25) is 0 Å². The van der Waals surface area contributed by atoms with Crippen LogP contribution in [0.15, 0.2) is 55.1 Å². The van der Waals surface area contributed by atoms with Crippen LogP contribution in [-0.2, 0) is 7.05 Å². The van der Waals surface area contributed by atoms with Crippen LogP contribution in [0.3, 0.4) is 0 Å². The molecule has 0 aliphatic carbocycles. The number of aromatic nitrogens is 4. The molecule has 0 bridgehead atoms. The molecule has 8 heteroatoms. The van der Waals surface area contributed by atoms with Crippen molar-refractivity contribution in [3.05, 3.63) is 66.2 Å². The van der Waals surface area contributed by atoms with E-state index in [2.05, 4.69) is 46.6 Å². The first-order valence-corrected chi connectivity index (χ1v) is 10.5. The molecule has 1 aromatic carbocycles. The summed E-state index contributed by atoms with van der Waals surface area (Å²) in [6, 6.07) is 12.7. The van der Waals surface area contributed by atoms with Crippen LogP contribution in [0.1, 0.15) is 29.9 Å². The van der Waals surface area contributed by atoms with Crippen LogP contribution in [0.4, 0.5) is 4.79 Å². The van der Waals surface area contributed by atoms with Crippen LogP contribution >= 0.6 is 0 Å². The van der Waals surface area contributed by atoms with E-state index in [0.29, 0.717) is 24.6 Å². The van der Waals surface area contributed by atoms with Gasteiger partial charge in [-0.1, -0.05) is 24.3 Å². The van der Waals surface area contributed by atoms with Gasteiger partial charge in [-0.2, -0.15) is 15.5 Å². The van der Waals surface area contributed by atoms with Crippen molar-refractivity contribution in [2.75, 3.05) is 13.1 Å². The van der Waals surface area contributed by atoms with Gasteiger partial charge >= 0.3 is 6.09 Å². The smallest absolute Gasteiger partial charge is 0.407 e. The quantitative estimate of drug-likeness (QED) is 0.531. The number of rotatable bonds is 3. The average Bonchev–Trinajstić information content (AvgIpc) is 3.44. The zero-order valence-electron chi connectivity index (χ0n) is 17.6. The number of hydrogen-bond donors (Lipinski definition) is 1. The lowest BCUT2D eigenvalue weighted by Gasteiger charge is -2.30. The molecule has 0 radical (unpaired) electrons. The van der Waals surface area contributed by atoms with Crippen LogP contribution in [0.2, 0.25) is 0 Å². The maximum atomic E-state index is 11.2. The Hall–Kier alpha value is -4.12. The number of carbonyl (C=O) groups is 1. The molecule has 32 heavy (non-hydrogen) atoms. The zero-order chi connectivity index (χ0) is 22.2. The minimum absolute atomic E-state index is 0.353. The van der Waals surface area contributed by atoms with E-state index < -0.39 is 6.09 Å². The van der Waals surface area contributed by atoms with Crippen molar-refractivity contribution in [1.29, 1.82) is 5.26 Å². The lowest BCUT2D eigenvalue weighted by Crippen LogP contribution is -2.36. The maximum Gasteiger partial charge on any atom is 0.407 e. The first-order chi connectivity index (χ1) is 15.5. The second-order valence-electron chi connectivity index (χ2n) is 8.17. The molecule has 5 rings (SSSR count). The summed E-state index contributed by atoms with van der Waals surface area (Å²) in [5, 5.41) is 27.4. The van der Waals surface area contributed by atoms with Gasteiger partial charge in [0, 0.05) is 49.2 Å². The Kier molecular flexibility index (Phi) is 4.86. The number of aryl methyl sites for hydroxylation is 1. The van der Waals surface area contributed by atoms with E-state index in [0.717, 1.165) is 40.6 Å². The molecule has 1 fully saturated rings. The highest BCUT2D eigenvalue weighted by atomic mass is 16.4. The largest absolute Gasteiger partial charge is 0.465 e. The third kappa shape index (κ3) is 3.48. The summed E-state index contributed by atoms with van der Waals surface area (Å²) >= 11 is 0. The molecule has 3 aromatic heterocycles. The molecule has 1 aliphatic heterocycles. The number of pyridine rings is 1. The van der Waals surface area contributed by atoms with Crippen LogP contribution in [0.25, 0.3) is 27.8 Å². The molecule has 4 aromatic rings. The SMILES string of the molecule is Cn1cc(-c2cc(-c3ccc(C4CCN(C(=O)O)CC4)cc3)c3c(C#N)cnn3c2)cn1. The molecule has 0 spiro atoms. The lowest BCUT2D eigenvalue weighted by molar-refractivity contribution is 0.132. The van der Waals surface area contributed by atoms with E-state index in [1.165, 1.54) is 10.5 Å².